The van der Waals surface area contributed by atoms with E-state index in [4.69, 9.17) is 0 Å². The molecule has 1 aromatic carbocycles. The van der Waals surface area contributed by atoms with Crippen LogP contribution in [-0.2, 0) is 0 Å². The van der Waals surface area contributed by atoms with Gasteiger partial charge in [0.05, 0.1) is 0 Å². The molecule has 3 aliphatic rings. The molecule has 4 rings (SSSR count). The van der Waals surface area contributed by atoms with Gasteiger partial charge in [-0.15, -0.1) is 0 Å². The van der Waals surface area contributed by atoms with E-state index in [1.54, 1.807) is 5.57 Å². The van der Waals surface area contributed by atoms with Crippen LogP contribution in [0.3, 0.4) is 0 Å². The van der Waals surface area contributed by atoms with Gasteiger partial charge >= 0.3 is 0 Å². The lowest BCUT2D eigenvalue weighted by molar-refractivity contribution is 0.191. The summed E-state index contributed by atoms with van der Waals surface area (Å²) in [6, 6.07) is 8.85. The Bertz CT molecular complexity index is 560. The summed E-state index contributed by atoms with van der Waals surface area (Å²) in [6.45, 7) is 4.70. The van der Waals surface area contributed by atoms with Crippen molar-refractivity contribution in [2.24, 2.45) is 0 Å². The van der Waals surface area contributed by atoms with Gasteiger partial charge in [-0.25, -0.2) is 0 Å². The van der Waals surface area contributed by atoms with Gasteiger partial charge in [-0.05, 0) is 35.4 Å². The molecule has 0 aromatic heterocycles. The van der Waals surface area contributed by atoms with Gasteiger partial charge in [0, 0.05) is 38.3 Å². The fourth-order valence-corrected chi connectivity index (χ4v) is 3.35. The molecule has 0 radical (unpaired) electrons. The predicted octanol–water partition coefficient (Wildman–Crippen LogP) is 2.45. The zero-order valence-corrected chi connectivity index (χ0v) is 10.8. The van der Waals surface area contributed by atoms with Gasteiger partial charge in [0.25, 0.3) is 0 Å². The lowest BCUT2D eigenvalue weighted by Gasteiger charge is -2.35. The molecular formula is C16H18N2. The third-order valence-electron chi connectivity index (χ3n) is 4.43. The minimum absolute atomic E-state index is 1.15. The summed E-state index contributed by atoms with van der Waals surface area (Å²) in [5.41, 5.74) is 7.52. The highest BCUT2D eigenvalue weighted by atomic mass is 15.3. The molecule has 1 saturated heterocycles. The van der Waals surface area contributed by atoms with E-state index in [1.807, 2.05) is 0 Å². The van der Waals surface area contributed by atoms with Gasteiger partial charge in [-0.2, -0.15) is 0 Å². The number of hydrogen-bond donors (Lipinski definition) is 0. The Morgan fingerprint density at radius 1 is 0.944 bits per heavy atom. The van der Waals surface area contributed by atoms with Crippen LogP contribution in [0.15, 0.2) is 36.0 Å². The van der Waals surface area contributed by atoms with Crippen LogP contribution < -0.4 is 0 Å². The normalized spacial score (nSPS) is 22.5. The SMILES string of the molecule is CN1CCN(C2=C3CC(=C2)c2ccccc23)CC1. The van der Waals surface area contributed by atoms with Crippen LogP contribution >= 0.6 is 0 Å². The fourth-order valence-electron chi connectivity index (χ4n) is 3.35. The van der Waals surface area contributed by atoms with Crippen LogP contribution in [0, 0.1) is 0 Å². The third kappa shape index (κ3) is 1.39. The van der Waals surface area contributed by atoms with Crippen LogP contribution in [0.25, 0.3) is 11.1 Å². The molecule has 2 bridgehead atoms. The maximum absolute atomic E-state index is 2.57. The number of fused-ring (bicyclic) bond motifs is 5. The lowest BCUT2D eigenvalue weighted by atomic mass is 10.0. The molecule has 0 amide bonds. The molecule has 1 aliphatic heterocycles. The summed E-state index contributed by atoms with van der Waals surface area (Å²) in [7, 11) is 2.21. The van der Waals surface area contributed by atoms with Crippen molar-refractivity contribution < 1.29 is 0 Å². The van der Waals surface area contributed by atoms with E-state index in [0.29, 0.717) is 0 Å². The maximum atomic E-state index is 2.57. The molecule has 0 saturated carbocycles. The van der Waals surface area contributed by atoms with Crippen LogP contribution in [0.4, 0.5) is 0 Å². The average Bonchev–Trinajstić information content (AvgIpc) is 2.99. The summed E-state index contributed by atoms with van der Waals surface area (Å²) >= 11 is 0. The molecule has 1 aromatic rings. The van der Waals surface area contributed by atoms with E-state index >= 15 is 0 Å². The van der Waals surface area contributed by atoms with Crippen molar-refractivity contribution in [2.75, 3.05) is 33.2 Å². The van der Waals surface area contributed by atoms with Gasteiger partial charge in [-0.3, -0.25) is 0 Å². The van der Waals surface area contributed by atoms with Crippen LogP contribution in [0.5, 0.6) is 0 Å². The average molecular weight is 238 g/mol. The third-order valence-corrected chi connectivity index (χ3v) is 4.43. The zero-order chi connectivity index (χ0) is 12.1. The Morgan fingerprint density at radius 3 is 2.44 bits per heavy atom. The topological polar surface area (TPSA) is 6.48 Å². The van der Waals surface area contributed by atoms with Crippen LogP contribution in [-0.4, -0.2) is 43.0 Å². The van der Waals surface area contributed by atoms with Crippen molar-refractivity contribution in [3.05, 3.63) is 47.2 Å². The molecule has 0 unspecified atom stereocenters. The summed E-state index contributed by atoms with van der Waals surface area (Å²) in [5.74, 6) is 0. The minimum atomic E-state index is 1.15. The summed E-state index contributed by atoms with van der Waals surface area (Å²) in [4.78, 5) is 4.98. The van der Waals surface area contributed by atoms with Crippen molar-refractivity contribution >= 4 is 11.1 Å². The number of piperazine rings is 1. The van der Waals surface area contributed by atoms with Gasteiger partial charge < -0.3 is 9.80 Å². The Morgan fingerprint density at radius 2 is 1.67 bits per heavy atom. The summed E-state index contributed by atoms with van der Waals surface area (Å²) in [5, 5.41) is 0. The zero-order valence-electron chi connectivity index (χ0n) is 10.8. The summed E-state index contributed by atoms with van der Waals surface area (Å²) < 4.78 is 0. The second-order valence-corrected chi connectivity index (χ2v) is 5.55. The lowest BCUT2D eigenvalue weighted by Crippen LogP contribution is -2.43. The number of likely N-dealkylation sites (N-methyl/N-ethyl adjacent to an activating group) is 1. The smallest absolute Gasteiger partial charge is 0.0412 e. The number of hydrogen-bond acceptors (Lipinski definition) is 2. The Balaban J connectivity index is 1.71. The molecule has 2 heteroatoms. The van der Waals surface area contributed by atoms with Crippen molar-refractivity contribution in [2.45, 2.75) is 6.42 Å². The first-order valence-corrected chi connectivity index (χ1v) is 6.80. The van der Waals surface area contributed by atoms with Gasteiger partial charge in [0.15, 0.2) is 0 Å². The molecule has 2 nitrogen and oxygen atoms in total. The maximum Gasteiger partial charge on any atom is 0.0412 e. The first kappa shape index (κ1) is 10.4. The molecule has 1 fully saturated rings. The first-order valence-electron chi connectivity index (χ1n) is 6.80. The summed E-state index contributed by atoms with van der Waals surface area (Å²) in [6.07, 6.45) is 3.57. The number of benzene rings is 1. The molecular weight excluding hydrogens is 220 g/mol. The van der Waals surface area contributed by atoms with Gasteiger partial charge in [0.2, 0.25) is 0 Å². The molecule has 1 heterocycles. The standard InChI is InChI=1S/C16H18N2/c1-17-6-8-18(9-7-17)16-11-12-10-15(16)14-5-3-2-4-13(12)14/h2-5,11H,6-10H2,1H3. The van der Waals surface area contributed by atoms with E-state index in [-0.39, 0.29) is 0 Å². The number of rotatable bonds is 1. The molecule has 0 atom stereocenters. The van der Waals surface area contributed by atoms with Gasteiger partial charge in [-0.1, -0.05) is 24.3 Å². The monoisotopic (exact) mass is 238 g/mol. The van der Waals surface area contributed by atoms with Crippen LogP contribution in [0.1, 0.15) is 17.5 Å². The van der Waals surface area contributed by atoms with Crippen molar-refractivity contribution in [3.8, 4) is 0 Å². The van der Waals surface area contributed by atoms with Crippen molar-refractivity contribution in [3.63, 3.8) is 0 Å². The second-order valence-electron chi connectivity index (χ2n) is 5.55. The van der Waals surface area contributed by atoms with Gasteiger partial charge in [0.1, 0.15) is 0 Å². The van der Waals surface area contributed by atoms with Crippen molar-refractivity contribution in [1.29, 1.82) is 0 Å². The highest BCUT2D eigenvalue weighted by Crippen LogP contribution is 2.48. The van der Waals surface area contributed by atoms with Crippen LogP contribution in [0.2, 0.25) is 0 Å². The van der Waals surface area contributed by atoms with E-state index in [2.05, 4.69) is 47.2 Å². The Labute approximate surface area is 108 Å². The first-order chi connectivity index (χ1) is 8.83. The largest absolute Gasteiger partial charge is 0.369 e. The van der Waals surface area contributed by atoms with E-state index in [9.17, 15) is 0 Å². The number of allylic oxidation sites excluding steroid dienone is 3. The number of nitrogens with zero attached hydrogens (tertiary/aromatic N) is 2. The van der Waals surface area contributed by atoms with Crippen molar-refractivity contribution in [1.82, 2.24) is 9.80 Å². The predicted molar refractivity (Wildman–Crippen MR) is 75.0 cm³/mol. The van der Waals surface area contributed by atoms with E-state index in [1.165, 1.54) is 48.6 Å². The molecule has 2 aliphatic carbocycles. The molecule has 0 N–H and O–H groups in total. The highest BCUT2D eigenvalue weighted by molar-refractivity contribution is 5.99. The fraction of sp³-hybridized carbons (Fsp3) is 0.375. The minimum Gasteiger partial charge on any atom is -0.369 e. The molecule has 92 valence electrons. The highest BCUT2D eigenvalue weighted by Gasteiger charge is 2.31. The van der Waals surface area contributed by atoms with E-state index in [0.717, 1.165) is 6.42 Å². The molecule has 0 spiro atoms. The second kappa shape index (κ2) is 3.72. The Hall–Kier alpha value is -1.54. The van der Waals surface area contributed by atoms with E-state index < -0.39 is 0 Å². The molecule has 18 heavy (non-hydrogen) atoms. The quantitative estimate of drug-likeness (QED) is 0.741. The Kier molecular flexibility index (Phi) is 2.15.